The third-order valence-corrected chi connectivity index (χ3v) is 3.07. The van der Waals surface area contributed by atoms with Crippen molar-refractivity contribution in [2.75, 3.05) is 19.4 Å². The molecule has 0 heterocycles. The van der Waals surface area contributed by atoms with Crippen LogP contribution in [-0.2, 0) is 0 Å². The zero-order valence-electron chi connectivity index (χ0n) is 11.7. The molecule has 0 spiro atoms. The van der Waals surface area contributed by atoms with Crippen LogP contribution in [-0.4, -0.2) is 24.7 Å². The molecule has 110 valence electrons. The average molecular weight is 286 g/mol. The van der Waals surface area contributed by atoms with Crippen LogP contribution in [0.25, 0.3) is 0 Å². The molecule has 0 bridgehead atoms. The van der Waals surface area contributed by atoms with E-state index in [4.69, 9.17) is 10.5 Å². The molecule has 0 fully saturated rings. The number of amides is 1. The van der Waals surface area contributed by atoms with E-state index in [9.17, 15) is 9.90 Å². The highest BCUT2D eigenvalue weighted by Crippen LogP contribution is 2.18. The van der Waals surface area contributed by atoms with Gasteiger partial charge in [0.05, 0.1) is 13.2 Å². The summed E-state index contributed by atoms with van der Waals surface area (Å²) in [5, 5.41) is 12.7. The van der Waals surface area contributed by atoms with Crippen molar-refractivity contribution in [3.63, 3.8) is 0 Å². The number of nitrogen functional groups attached to an aromatic ring is 1. The highest BCUT2D eigenvalue weighted by atomic mass is 16.5. The van der Waals surface area contributed by atoms with Gasteiger partial charge in [-0.3, -0.25) is 4.79 Å². The number of methoxy groups -OCH3 is 1. The summed E-state index contributed by atoms with van der Waals surface area (Å²) in [6.45, 7) is 0.125. The highest BCUT2D eigenvalue weighted by molar-refractivity contribution is 5.95. The Morgan fingerprint density at radius 1 is 1.29 bits per heavy atom. The molecule has 0 aromatic heterocycles. The van der Waals surface area contributed by atoms with Crippen molar-refractivity contribution in [1.29, 1.82) is 0 Å². The molecule has 1 amide bonds. The summed E-state index contributed by atoms with van der Waals surface area (Å²) < 4.78 is 5.07. The molecule has 5 nitrogen and oxygen atoms in total. The van der Waals surface area contributed by atoms with E-state index in [1.54, 1.807) is 30.3 Å². The minimum absolute atomic E-state index is 0.125. The maximum Gasteiger partial charge on any atom is 0.251 e. The van der Waals surface area contributed by atoms with Crippen LogP contribution in [0.4, 0.5) is 5.69 Å². The summed E-state index contributed by atoms with van der Waals surface area (Å²) in [4.78, 5) is 12.1. The number of hydrogen-bond acceptors (Lipinski definition) is 4. The van der Waals surface area contributed by atoms with Crippen molar-refractivity contribution < 1.29 is 14.6 Å². The lowest BCUT2D eigenvalue weighted by molar-refractivity contribution is 0.0916. The number of carbonyl (C=O) groups is 1. The van der Waals surface area contributed by atoms with Crippen molar-refractivity contribution in [1.82, 2.24) is 5.32 Å². The van der Waals surface area contributed by atoms with Crippen LogP contribution < -0.4 is 15.8 Å². The fourth-order valence-corrected chi connectivity index (χ4v) is 1.96. The average Bonchev–Trinajstić information content (AvgIpc) is 2.52. The normalized spacial score (nSPS) is 11.7. The first kappa shape index (κ1) is 14.9. The van der Waals surface area contributed by atoms with Gasteiger partial charge in [0.1, 0.15) is 5.75 Å². The number of aliphatic hydroxyl groups is 1. The topological polar surface area (TPSA) is 84.6 Å². The molecular weight excluding hydrogens is 268 g/mol. The highest BCUT2D eigenvalue weighted by Gasteiger charge is 2.12. The number of benzene rings is 2. The predicted molar refractivity (Wildman–Crippen MR) is 81.1 cm³/mol. The number of ether oxygens (including phenoxy) is 1. The van der Waals surface area contributed by atoms with Crippen LogP contribution in [0.15, 0.2) is 48.5 Å². The first-order valence-corrected chi connectivity index (χ1v) is 6.56. The number of carbonyl (C=O) groups excluding carboxylic acids is 1. The zero-order valence-corrected chi connectivity index (χ0v) is 11.7. The lowest BCUT2D eigenvalue weighted by Crippen LogP contribution is -2.28. The van der Waals surface area contributed by atoms with E-state index in [1.165, 1.54) is 7.11 Å². The van der Waals surface area contributed by atoms with Gasteiger partial charge in [-0.25, -0.2) is 0 Å². The van der Waals surface area contributed by atoms with Crippen LogP contribution in [0, 0.1) is 0 Å². The van der Waals surface area contributed by atoms with Gasteiger partial charge in [0, 0.05) is 23.9 Å². The second-order valence-corrected chi connectivity index (χ2v) is 4.63. The molecule has 2 rings (SSSR count). The lowest BCUT2D eigenvalue weighted by Gasteiger charge is -2.13. The first-order chi connectivity index (χ1) is 10.1. The number of rotatable bonds is 5. The molecule has 4 N–H and O–H groups in total. The van der Waals surface area contributed by atoms with Crippen LogP contribution in [0.1, 0.15) is 22.0 Å². The maximum atomic E-state index is 12.1. The second-order valence-electron chi connectivity index (χ2n) is 4.63. The van der Waals surface area contributed by atoms with Gasteiger partial charge >= 0.3 is 0 Å². The Hall–Kier alpha value is -2.53. The van der Waals surface area contributed by atoms with Gasteiger partial charge in [0.25, 0.3) is 5.91 Å². The molecule has 1 unspecified atom stereocenters. The monoisotopic (exact) mass is 286 g/mol. The van der Waals surface area contributed by atoms with E-state index in [0.717, 1.165) is 5.56 Å². The number of hydrogen-bond donors (Lipinski definition) is 3. The summed E-state index contributed by atoms with van der Waals surface area (Å²) in [6, 6.07) is 13.9. The quantitative estimate of drug-likeness (QED) is 0.731. The number of nitrogens with one attached hydrogen (secondary N) is 1. The SMILES string of the molecule is COc1cc(N)cc(C(=O)NCC(O)c2ccccc2)c1. The fraction of sp³-hybridized carbons (Fsp3) is 0.188. The zero-order chi connectivity index (χ0) is 15.2. The molecule has 2 aromatic rings. The van der Waals surface area contributed by atoms with E-state index in [2.05, 4.69) is 5.32 Å². The Labute approximate surface area is 123 Å². The molecule has 0 aliphatic heterocycles. The summed E-state index contributed by atoms with van der Waals surface area (Å²) in [5.41, 5.74) is 7.31. The van der Waals surface area contributed by atoms with Gasteiger partial charge in [-0.1, -0.05) is 30.3 Å². The molecule has 0 saturated heterocycles. The Morgan fingerprint density at radius 2 is 2.00 bits per heavy atom. The van der Waals surface area contributed by atoms with Crippen molar-refractivity contribution in [2.24, 2.45) is 0 Å². The molecule has 0 aliphatic carbocycles. The second kappa shape index (κ2) is 6.76. The summed E-state index contributed by atoms with van der Waals surface area (Å²) in [7, 11) is 1.51. The third-order valence-electron chi connectivity index (χ3n) is 3.07. The Morgan fingerprint density at radius 3 is 2.67 bits per heavy atom. The Kier molecular flexibility index (Phi) is 4.79. The largest absolute Gasteiger partial charge is 0.497 e. The standard InChI is InChI=1S/C16H18N2O3/c1-21-14-8-12(7-13(17)9-14)16(20)18-10-15(19)11-5-3-2-4-6-11/h2-9,15,19H,10,17H2,1H3,(H,18,20). The number of nitrogens with two attached hydrogens (primary N) is 1. The van der Waals surface area contributed by atoms with Gasteiger partial charge in [0.15, 0.2) is 0 Å². The molecule has 21 heavy (non-hydrogen) atoms. The number of anilines is 1. The lowest BCUT2D eigenvalue weighted by atomic mass is 10.1. The van der Waals surface area contributed by atoms with E-state index in [0.29, 0.717) is 17.0 Å². The van der Waals surface area contributed by atoms with E-state index in [-0.39, 0.29) is 12.5 Å². The van der Waals surface area contributed by atoms with Crippen molar-refractivity contribution in [2.45, 2.75) is 6.10 Å². The maximum absolute atomic E-state index is 12.1. The number of aliphatic hydroxyl groups excluding tert-OH is 1. The molecule has 1 atom stereocenters. The van der Waals surface area contributed by atoms with Crippen LogP contribution in [0.3, 0.4) is 0 Å². The Balaban J connectivity index is 2.00. The predicted octanol–water partition coefficient (Wildman–Crippen LogP) is 1.74. The van der Waals surface area contributed by atoms with Crippen LogP contribution in [0.5, 0.6) is 5.75 Å². The summed E-state index contributed by atoms with van der Waals surface area (Å²) in [5.74, 6) is 0.208. The van der Waals surface area contributed by atoms with Crippen LogP contribution >= 0.6 is 0 Å². The van der Waals surface area contributed by atoms with Gasteiger partial charge in [0.2, 0.25) is 0 Å². The fourth-order valence-electron chi connectivity index (χ4n) is 1.96. The van der Waals surface area contributed by atoms with Crippen molar-refractivity contribution in [3.05, 3.63) is 59.7 Å². The minimum Gasteiger partial charge on any atom is -0.497 e. The van der Waals surface area contributed by atoms with E-state index < -0.39 is 6.10 Å². The van der Waals surface area contributed by atoms with Crippen molar-refractivity contribution >= 4 is 11.6 Å². The van der Waals surface area contributed by atoms with Gasteiger partial charge in [-0.05, 0) is 17.7 Å². The molecular formula is C16H18N2O3. The molecule has 2 aromatic carbocycles. The summed E-state index contributed by atoms with van der Waals surface area (Å²) in [6.07, 6.45) is -0.752. The molecule has 5 heteroatoms. The van der Waals surface area contributed by atoms with E-state index >= 15 is 0 Å². The van der Waals surface area contributed by atoms with Crippen LogP contribution in [0.2, 0.25) is 0 Å². The minimum atomic E-state index is -0.752. The smallest absolute Gasteiger partial charge is 0.251 e. The first-order valence-electron chi connectivity index (χ1n) is 6.56. The van der Waals surface area contributed by atoms with E-state index in [1.807, 2.05) is 18.2 Å². The van der Waals surface area contributed by atoms with Gasteiger partial charge in [-0.2, -0.15) is 0 Å². The third kappa shape index (κ3) is 3.97. The molecule has 0 saturated carbocycles. The Bertz CT molecular complexity index is 614. The summed E-state index contributed by atoms with van der Waals surface area (Å²) >= 11 is 0. The van der Waals surface area contributed by atoms with Gasteiger partial charge < -0.3 is 20.9 Å². The van der Waals surface area contributed by atoms with Crippen molar-refractivity contribution in [3.8, 4) is 5.75 Å². The molecule has 0 radical (unpaired) electrons. The van der Waals surface area contributed by atoms with Gasteiger partial charge in [-0.15, -0.1) is 0 Å². The molecule has 0 aliphatic rings.